The number of allylic oxidation sites excluding steroid dienone is 2. The van der Waals surface area contributed by atoms with E-state index >= 15 is 0 Å². The zero-order chi connectivity index (χ0) is 37.3. The molecule has 0 aromatic carbocycles. The maximum absolute atomic E-state index is 11.5. The third-order valence-electron chi connectivity index (χ3n) is 9.12. The molecule has 10 heteroatoms. The summed E-state index contributed by atoms with van der Waals surface area (Å²) in [4.78, 5) is 22.0. The lowest BCUT2D eigenvalue weighted by atomic mass is 10.1. The molecule has 51 heavy (non-hydrogen) atoms. The summed E-state index contributed by atoms with van der Waals surface area (Å²) in [6.07, 6.45) is 16.8. The maximum Gasteiger partial charge on any atom is 0.306 e. The molecule has 1 N–H and O–H groups in total. The number of unbranched alkanes of at least 4 members (excludes halogenated alkanes) is 2. The number of aliphatic carboxylic acids is 1. The van der Waals surface area contributed by atoms with E-state index in [0.29, 0.717) is 12.8 Å². The number of carbonyl (C=O) groups is 2. The highest BCUT2D eigenvalue weighted by Crippen LogP contribution is 2.42. The first kappa shape index (κ1) is 50.4. The predicted octanol–water partition coefficient (Wildman–Crippen LogP) is 13.2. The number of esters is 1. The Labute approximate surface area is 313 Å². The Morgan fingerprint density at radius 3 is 1.43 bits per heavy atom. The molecule has 0 radical (unpaired) electrons. The smallest absolute Gasteiger partial charge is 0.306 e. The van der Waals surface area contributed by atoms with E-state index in [1.807, 2.05) is 44.2 Å². The van der Waals surface area contributed by atoms with Gasteiger partial charge in [-0.05, 0) is 113 Å². The molecule has 2 aromatic rings. The van der Waals surface area contributed by atoms with Crippen LogP contribution in [0.15, 0.2) is 69.9 Å². The van der Waals surface area contributed by atoms with Crippen LogP contribution in [0.25, 0.3) is 0 Å². The zero-order valence-electron chi connectivity index (χ0n) is 32.5. The van der Waals surface area contributed by atoms with Crippen LogP contribution in [-0.2, 0) is 23.2 Å². The number of carbonyl (C=O) groups excluding carboxylic acids is 1. The average Bonchev–Trinajstić information content (AvgIpc) is 3.69. The molecule has 0 aliphatic heterocycles. The predicted molar refractivity (Wildman–Crippen MR) is 217 cm³/mol. The van der Waals surface area contributed by atoms with Crippen LogP contribution in [0, 0.1) is 0 Å². The van der Waals surface area contributed by atoms with Crippen LogP contribution in [-0.4, -0.2) is 39.8 Å². The molecular formula is C41H74O8Si2. The molecule has 0 aliphatic rings. The van der Waals surface area contributed by atoms with Gasteiger partial charge in [-0.3, -0.25) is 9.59 Å². The Kier molecular flexibility index (Phi) is 23.5. The van der Waals surface area contributed by atoms with E-state index in [9.17, 15) is 9.59 Å². The largest absolute Gasteiger partial charge is 0.481 e. The maximum atomic E-state index is 11.5. The van der Waals surface area contributed by atoms with Crippen molar-refractivity contribution >= 4 is 28.6 Å². The van der Waals surface area contributed by atoms with Crippen LogP contribution in [0.1, 0.15) is 145 Å². The van der Waals surface area contributed by atoms with E-state index in [2.05, 4.69) is 86.0 Å². The molecule has 0 spiro atoms. The van der Waals surface area contributed by atoms with Crippen molar-refractivity contribution < 1.29 is 37.1 Å². The lowest BCUT2D eigenvalue weighted by Crippen LogP contribution is -2.41. The number of hydrogen-bond acceptors (Lipinski definition) is 7. The van der Waals surface area contributed by atoms with Crippen molar-refractivity contribution in [2.75, 3.05) is 0 Å². The van der Waals surface area contributed by atoms with E-state index in [-0.39, 0.29) is 55.6 Å². The second-order valence-corrected chi connectivity index (χ2v) is 25.4. The molecule has 0 saturated heterocycles. The summed E-state index contributed by atoms with van der Waals surface area (Å²) >= 11 is 0. The fourth-order valence-corrected chi connectivity index (χ4v) is 6.75. The Balaban J connectivity index is 0. The minimum absolute atomic E-state index is 0. The van der Waals surface area contributed by atoms with Gasteiger partial charge >= 0.3 is 11.9 Å². The molecule has 0 amide bonds. The minimum Gasteiger partial charge on any atom is -0.481 e. The Morgan fingerprint density at radius 2 is 1.12 bits per heavy atom. The minimum atomic E-state index is -1.89. The van der Waals surface area contributed by atoms with Gasteiger partial charge in [0.1, 0.15) is 23.7 Å². The van der Waals surface area contributed by atoms with Gasteiger partial charge in [0.05, 0.1) is 18.6 Å². The molecule has 0 fully saturated rings. The molecule has 2 rings (SSSR count). The molecule has 2 unspecified atom stereocenters. The second-order valence-electron chi connectivity index (χ2n) is 15.9. The van der Waals surface area contributed by atoms with Gasteiger partial charge in [0.15, 0.2) is 16.6 Å². The lowest BCUT2D eigenvalue weighted by molar-refractivity contribution is -0.147. The Bertz CT molecular complexity index is 1250. The van der Waals surface area contributed by atoms with Crippen molar-refractivity contribution in [1.29, 1.82) is 0 Å². The summed E-state index contributed by atoms with van der Waals surface area (Å²) in [5, 5.41) is 8.93. The van der Waals surface area contributed by atoms with Gasteiger partial charge in [-0.15, -0.1) is 0 Å². The Hall–Kier alpha value is -2.67. The topological polar surface area (TPSA) is 108 Å². The van der Waals surface area contributed by atoms with Crippen LogP contribution in [0.4, 0.5) is 0 Å². The highest BCUT2D eigenvalue weighted by Gasteiger charge is 2.40. The quantitative estimate of drug-likeness (QED) is 0.0654. The highest BCUT2D eigenvalue weighted by molar-refractivity contribution is 6.74. The SMILES string of the molecule is C.C.CC(C)(C)[Si](C)(C)OC(C/C=C\CCCC(=O)O)c1ccco1.CC(C)OC(=O)CCC/C=C\CC(O[Si](C)(C)C(C)(C)C)c1ccco1. The van der Waals surface area contributed by atoms with Crippen LogP contribution < -0.4 is 0 Å². The van der Waals surface area contributed by atoms with Gasteiger partial charge in [0.25, 0.3) is 0 Å². The molecule has 294 valence electrons. The van der Waals surface area contributed by atoms with E-state index in [1.165, 1.54) is 0 Å². The van der Waals surface area contributed by atoms with Crippen molar-refractivity contribution in [3.63, 3.8) is 0 Å². The number of carboxylic acids is 1. The summed E-state index contributed by atoms with van der Waals surface area (Å²) in [7, 11) is -3.77. The summed E-state index contributed by atoms with van der Waals surface area (Å²) in [6.45, 7) is 26.1. The summed E-state index contributed by atoms with van der Waals surface area (Å²) in [5.74, 6) is 0.862. The third kappa shape index (κ3) is 20.2. The van der Waals surface area contributed by atoms with Crippen molar-refractivity contribution in [3.05, 3.63) is 72.6 Å². The van der Waals surface area contributed by atoms with Crippen LogP contribution in [0.5, 0.6) is 0 Å². The van der Waals surface area contributed by atoms with Gasteiger partial charge in [-0.2, -0.15) is 0 Å². The summed E-state index contributed by atoms with van der Waals surface area (Å²) < 4.78 is 29.3. The number of furan rings is 2. The standard InChI is InChI=1S/C21H36O4Si.C18H30O4Si.2CH4/c1-17(2)24-20(22)15-11-9-8-10-13-19(18-14-12-16-23-18)25-26(6,7)21(3,4)5;1-18(2,3)23(4,5)22-16(15-12-10-14-21-15)11-8-6-7-9-13-17(19)20;;/h8,10,12,14,16-17,19H,9,11,13,15H2,1-7H3;6,8,10,12,14,16H,7,9,11,13H2,1-5H3,(H,19,20);2*1H4/b10-8-;8-6-;;. The first-order chi connectivity index (χ1) is 22.7. The first-order valence-corrected chi connectivity index (χ1v) is 23.6. The normalized spacial score (nSPS) is 13.7. The summed E-state index contributed by atoms with van der Waals surface area (Å²) in [5.41, 5.74) is 0. The molecular weight excluding hydrogens is 677 g/mol. The number of hydrogen-bond donors (Lipinski definition) is 1. The second kappa shape index (κ2) is 23.8. The van der Waals surface area contributed by atoms with Gasteiger partial charge in [-0.1, -0.05) is 80.7 Å². The van der Waals surface area contributed by atoms with Crippen LogP contribution in [0.2, 0.25) is 36.3 Å². The monoisotopic (exact) mass is 750 g/mol. The van der Waals surface area contributed by atoms with Crippen LogP contribution in [0.3, 0.4) is 0 Å². The fraction of sp³-hybridized carbons (Fsp3) is 0.659. The fourth-order valence-electron chi connectivity index (χ4n) is 4.19. The van der Waals surface area contributed by atoms with Crippen LogP contribution >= 0.6 is 0 Å². The van der Waals surface area contributed by atoms with Gasteiger partial charge in [0, 0.05) is 12.8 Å². The van der Waals surface area contributed by atoms with Gasteiger partial charge in [0.2, 0.25) is 0 Å². The lowest BCUT2D eigenvalue weighted by Gasteiger charge is -2.38. The van der Waals surface area contributed by atoms with Crippen molar-refractivity contribution in [2.24, 2.45) is 0 Å². The van der Waals surface area contributed by atoms with Crippen molar-refractivity contribution in [3.8, 4) is 0 Å². The van der Waals surface area contributed by atoms with Gasteiger partial charge < -0.3 is 27.5 Å². The zero-order valence-corrected chi connectivity index (χ0v) is 34.5. The number of carboxylic acid groups (broad SMARTS) is 1. The average molecular weight is 751 g/mol. The molecule has 2 heterocycles. The number of rotatable bonds is 19. The first-order valence-electron chi connectivity index (χ1n) is 17.8. The third-order valence-corrected chi connectivity index (χ3v) is 18.1. The van der Waals surface area contributed by atoms with Crippen molar-refractivity contribution in [1.82, 2.24) is 0 Å². The molecule has 0 bridgehead atoms. The van der Waals surface area contributed by atoms with E-state index in [0.717, 1.165) is 43.6 Å². The molecule has 2 atom stereocenters. The molecule has 0 aliphatic carbocycles. The van der Waals surface area contributed by atoms with Crippen molar-refractivity contribution in [2.45, 2.75) is 176 Å². The van der Waals surface area contributed by atoms with Gasteiger partial charge in [-0.25, -0.2) is 0 Å². The highest BCUT2D eigenvalue weighted by atomic mass is 28.4. The molecule has 8 nitrogen and oxygen atoms in total. The summed E-state index contributed by atoms with van der Waals surface area (Å²) in [6, 6.07) is 7.72. The van der Waals surface area contributed by atoms with E-state index < -0.39 is 22.6 Å². The van der Waals surface area contributed by atoms with E-state index in [1.54, 1.807) is 12.5 Å². The Morgan fingerprint density at radius 1 is 0.725 bits per heavy atom. The molecule has 2 aromatic heterocycles. The number of ether oxygens (including phenoxy) is 1. The molecule has 0 saturated carbocycles. The van der Waals surface area contributed by atoms with E-state index in [4.69, 9.17) is 27.5 Å².